The van der Waals surface area contributed by atoms with Crippen molar-refractivity contribution in [1.82, 2.24) is 0 Å². The smallest absolute Gasteiger partial charge is 0.191 e. The minimum Gasteiger partial charge on any atom is -0.375 e. The van der Waals surface area contributed by atoms with Gasteiger partial charge in [-0.1, -0.05) is 6.08 Å². The average Bonchev–Trinajstić information content (AvgIpc) is 1.85. The van der Waals surface area contributed by atoms with Crippen molar-refractivity contribution in [2.75, 3.05) is 6.61 Å². The molecule has 10 heavy (non-hydrogen) atoms. The molecule has 4 heteroatoms. The fourth-order valence-corrected chi connectivity index (χ4v) is 0.913. The Morgan fingerprint density at radius 3 is 2.60 bits per heavy atom. The lowest BCUT2D eigenvalue weighted by Gasteiger charge is -2.04. The molecule has 2 N–H and O–H groups in total. The van der Waals surface area contributed by atoms with E-state index in [4.69, 9.17) is 14.5 Å². The molecule has 60 valence electrons. The van der Waals surface area contributed by atoms with Gasteiger partial charge in [0, 0.05) is 6.61 Å². The summed E-state index contributed by atoms with van der Waals surface area (Å²) in [6, 6.07) is 0. The first-order chi connectivity index (χ1) is 4.66. The van der Waals surface area contributed by atoms with Crippen molar-refractivity contribution >= 4 is 8.38 Å². The van der Waals surface area contributed by atoms with Crippen molar-refractivity contribution in [3.8, 4) is 0 Å². The second kappa shape index (κ2) is 5.81. The van der Waals surface area contributed by atoms with E-state index < -0.39 is 8.38 Å². The lowest BCUT2D eigenvalue weighted by atomic mass is 10.4. The Balaban J connectivity index is 3.45. The lowest BCUT2D eigenvalue weighted by molar-refractivity contribution is 0.109. The topological polar surface area (TPSA) is 49.7 Å². The second-order valence-corrected chi connectivity index (χ2v) is 2.76. The summed E-state index contributed by atoms with van der Waals surface area (Å²) in [7, 11) is -1.90. The number of rotatable bonds is 4. The maximum absolute atomic E-state index is 8.45. The quantitative estimate of drug-likeness (QED) is 0.614. The first kappa shape index (κ1) is 10.0. The predicted molar refractivity (Wildman–Crippen MR) is 41.6 cm³/mol. The molecule has 0 heterocycles. The highest BCUT2D eigenvalue weighted by Gasteiger charge is 1.94. The molecule has 0 amide bonds. The molecule has 0 radical (unpaired) electrons. The Labute approximate surface area is 62.2 Å². The first-order valence-electron chi connectivity index (χ1n) is 3.13. The molecule has 1 unspecified atom stereocenters. The number of ether oxygens (including phenoxy) is 1. The molecule has 0 spiro atoms. The van der Waals surface area contributed by atoms with Crippen molar-refractivity contribution in [3.63, 3.8) is 0 Å². The summed E-state index contributed by atoms with van der Waals surface area (Å²) in [6.45, 7) is 4.38. The third kappa shape index (κ3) is 6.17. The Morgan fingerprint density at radius 2 is 2.20 bits per heavy atom. The zero-order valence-corrected chi connectivity index (χ0v) is 7.08. The van der Waals surface area contributed by atoms with Crippen molar-refractivity contribution in [1.29, 1.82) is 0 Å². The van der Waals surface area contributed by atoms with Gasteiger partial charge in [0.25, 0.3) is 0 Å². The van der Waals surface area contributed by atoms with E-state index in [9.17, 15) is 0 Å². The van der Waals surface area contributed by atoms with Crippen molar-refractivity contribution < 1.29 is 14.5 Å². The molecule has 0 fully saturated rings. The molecule has 0 aliphatic carbocycles. The van der Waals surface area contributed by atoms with Gasteiger partial charge in [-0.15, -0.1) is 0 Å². The predicted octanol–water partition coefficient (Wildman–Crippen LogP) is 1.22. The van der Waals surface area contributed by atoms with E-state index in [1.54, 1.807) is 6.08 Å². The zero-order valence-electron chi connectivity index (χ0n) is 6.19. The molecule has 0 aliphatic rings. The summed E-state index contributed by atoms with van der Waals surface area (Å²) in [5, 5.41) is 0. The molecule has 0 aromatic heterocycles. The maximum atomic E-state index is 8.45. The summed E-state index contributed by atoms with van der Waals surface area (Å²) >= 11 is 0. The van der Waals surface area contributed by atoms with Crippen molar-refractivity contribution in [2.24, 2.45) is 0 Å². The van der Waals surface area contributed by atoms with Crippen LogP contribution in [0.2, 0.25) is 0 Å². The SMILES string of the molecule is CCOC(C)/C=C/P(O)O. The molecule has 0 saturated carbocycles. The van der Waals surface area contributed by atoms with Crippen LogP contribution in [0.1, 0.15) is 13.8 Å². The van der Waals surface area contributed by atoms with Gasteiger partial charge < -0.3 is 14.5 Å². The number of hydrogen-bond acceptors (Lipinski definition) is 3. The van der Waals surface area contributed by atoms with Crippen molar-refractivity contribution in [2.45, 2.75) is 20.0 Å². The molecule has 0 aliphatic heterocycles. The van der Waals surface area contributed by atoms with E-state index in [0.29, 0.717) is 6.61 Å². The van der Waals surface area contributed by atoms with E-state index in [0.717, 1.165) is 0 Å². The van der Waals surface area contributed by atoms with Crippen LogP contribution in [0.15, 0.2) is 11.9 Å². The third-order valence-corrected chi connectivity index (χ3v) is 1.36. The molecule has 1 atom stereocenters. The largest absolute Gasteiger partial charge is 0.375 e. The van der Waals surface area contributed by atoms with Gasteiger partial charge in [0.2, 0.25) is 0 Å². The highest BCUT2D eigenvalue weighted by atomic mass is 31.2. The monoisotopic (exact) mass is 164 g/mol. The average molecular weight is 164 g/mol. The van der Waals surface area contributed by atoms with Gasteiger partial charge in [0.1, 0.15) is 0 Å². The Morgan fingerprint density at radius 1 is 1.60 bits per heavy atom. The van der Waals surface area contributed by atoms with Crippen LogP contribution in [0.5, 0.6) is 0 Å². The van der Waals surface area contributed by atoms with Crippen LogP contribution in [0.3, 0.4) is 0 Å². The third-order valence-electron chi connectivity index (χ3n) is 0.920. The Hall–Kier alpha value is 0.0500. The fourth-order valence-electron chi connectivity index (χ4n) is 0.517. The molecule has 0 saturated heterocycles. The Kier molecular flexibility index (Phi) is 5.84. The fraction of sp³-hybridized carbons (Fsp3) is 0.667. The highest BCUT2D eigenvalue weighted by molar-refractivity contribution is 7.48. The minimum atomic E-state index is -1.90. The summed E-state index contributed by atoms with van der Waals surface area (Å²) < 4.78 is 5.09. The van der Waals surface area contributed by atoms with Crippen LogP contribution in [-0.4, -0.2) is 22.5 Å². The molecular formula is C6H13O3P. The van der Waals surface area contributed by atoms with Gasteiger partial charge in [-0.2, -0.15) is 0 Å². The van der Waals surface area contributed by atoms with Gasteiger partial charge >= 0.3 is 0 Å². The Bertz CT molecular complexity index is 103. The van der Waals surface area contributed by atoms with E-state index in [-0.39, 0.29) is 6.10 Å². The maximum Gasteiger partial charge on any atom is 0.191 e. The molecule has 0 aromatic rings. The molecule has 0 rings (SSSR count). The standard InChI is InChI=1S/C6H13O3P/c1-3-9-6(2)4-5-10(7)8/h4-8H,3H2,1-2H3/b5-4+. The van der Waals surface area contributed by atoms with E-state index >= 15 is 0 Å². The lowest BCUT2D eigenvalue weighted by Crippen LogP contribution is -2.02. The van der Waals surface area contributed by atoms with Crippen LogP contribution in [0, 0.1) is 0 Å². The summed E-state index contributed by atoms with van der Waals surface area (Å²) in [5.74, 6) is 1.34. The van der Waals surface area contributed by atoms with Crippen LogP contribution >= 0.6 is 8.38 Å². The van der Waals surface area contributed by atoms with Gasteiger partial charge in [-0.05, 0) is 19.7 Å². The molecule has 3 nitrogen and oxygen atoms in total. The van der Waals surface area contributed by atoms with Crippen molar-refractivity contribution in [3.05, 3.63) is 11.9 Å². The van der Waals surface area contributed by atoms with Crippen LogP contribution < -0.4 is 0 Å². The second-order valence-electron chi connectivity index (χ2n) is 1.82. The number of hydrogen-bond donors (Lipinski definition) is 2. The molecular weight excluding hydrogens is 151 g/mol. The highest BCUT2D eigenvalue weighted by Crippen LogP contribution is 2.24. The van der Waals surface area contributed by atoms with E-state index in [2.05, 4.69) is 0 Å². The summed E-state index contributed by atoms with van der Waals surface area (Å²) in [5.41, 5.74) is 0. The van der Waals surface area contributed by atoms with Gasteiger partial charge in [-0.3, -0.25) is 0 Å². The normalized spacial score (nSPS) is 14.9. The van der Waals surface area contributed by atoms with Crippen LogP contribution in [-0.2, 0) is 4.74 Å². The van der Waals surface area contributed by atoms with Gasteiger partial charge in [0.15, 0.2) is 8.38 Å². The summed E-state index contributed by atoms with van der Waals surface area (Å²) in [4.78, 5) is 16.9. The van der Waals surface area contributed by atoms with E-state index in [1.807, 2.05) is 13.8 Å². The molecule has 0 aromatic carbocycles. The summed E-state index contributed by atoms with van der Waals surface area (Å²) in [6.07, 6.45) is 1.60. The van der Waals surface area contributed by atoms with Gasteiger partial charge in [-0.25, -0.2) is 0 Å². The van der Waals surface area contributed by atoms with Gasteiger partial charge in [0.05, 0.1) is 6.10 Å². The van der Waals surface area contributed by atoms with Crippen LogP contribution in [0.4, 0.5) is 0 Å². The first-order valence-corrected chi connectivity index (χ1v) is 4.45. The zero-order chi connectivity index (χ0) is 7.98. The van der Waals surface area contributed by atoms with Crippen LogP contribution in [0.25, 0.3) is 0 Å². The molecule has 0 bridgehead atoms. The minimum absolute atomic E-state index is 0.0331. The van der Waals surface area contributed by atoms with E-state index in [1.165, 1.54) is 5.82 Å².